The number of fused-ring (bicyclic) bond motifs is 2. The molecule has 1 heterocycles. The van der Waals surface area contributed by atoms with Gasteiger partial charge >= 0.3 is 11.9 Å². The van der Waals surface area contributed by atoms with Gasteiger partial charge in [-0.05, 0) is 58.3 Å². The molecule has 25 heavy (non-hydrogen) atoms. The molecule has 3 unspecified atom stereocenters. The Morgan fingerprint density at radius 3 is 1.96 bits per heavy atom. The van der Waals surface area contributed by atoms with Gasteiger partial charge in [0.15, 0.2) is 0 Å². The van der Waals surface area contributed by atoms with Crippen LogP contribution in [-0.2, 0) is 19.1 Å². The highest BCUT2D eigenvalue weighted by atomic mass is 16.5. The van der Waals surface area contributed by atoms with Gasteiger partial charge in [-0.1, -0.05) is 12.2 Å². The molecule has 2 bridgehead atoms. The van der Waals surface area contributed by atoms with E-state index < -0.39 is 0 Å². The molecule has 3 atom stereocenters. The standard InChI is InChI=1S/C20H27NO4/c1-5-24-19(22)16-11(3)21-12(4)17(20(23)25-6-2)18(16)15-10-13-7-8-14(15)9-13/h7-8,13-15,18,21H,5-6,9-10H2,1-4H3. The van der Waals surface area contributed by atoms with Crippen LogP contribution in [0.4, 0.5) is 0 Å². The summed E-state index contributed by atoms with van der Waals surface area (Å²) in [6, 6.07) is 0. The van der Waals surface area contributed by atoms with E-state index in [0.717, 1.165) is 24.2 Å². The molecule has 5 nitrogen and oxygen atoms in total. The topological polar surface area (TPSA) is 64.6 Å². The van der Waals surface area contributed by atoms with Gasteiger partial charge in [0, 0.05) is 17.3 Å². The smallest absolute Gasteiger partial charge is 0.336 e. The monoisotopic (exact) mass is 345 g/mol. The summed E-state index contributed by atoms with van der Waals surface area (Å²) in [6.07, 6.45) is 6.62. The average molecular weight is 345 g/mol. The Balaban J connectivity index is 2.04. The number of hydrogen-bond acceptors (Lipinski definition) is 5. The van der Waals surface area contributed by atoms with Gasteiger partial charge in [-0.3, -0.25) is 0 Å². The van der Waals surface area contributed by atoms with Gasteiger partial charge in [0.05, 0.1) is 24.4 Å². The van der Waals surface area contributed by atoms with Crippen molar-refractivity contribution in [3.63, 3.8) is 0 Å². The van der Waals surface area contributed by atoms with Gasteiger partial charge in [0.2, 0.25) is 0 Å². The van der Waals surface area contributed by atoms with E-state index in [1.165, 1.54) is 0 Å². The van der Waals surface area contributed by atoms with Gasteiger partial charge in [-0.25, -0.2) is 9.59 Å². The van der Waals surface area contributed by atoms with Crippen molar-refractivity contribution < 1.29 is 19.1 Å². The first-order chi connectivity index (χ1) is 12.0. The van der Waals surface area contributed by atoms with E-state index in [1.807, 2.05) is 13.8 Å². The summed E-state index contributed by atoms with van der Waals surface area (Å²) in [4.78, 5) is 25.4. The molecule has 1 saturated carbocycles. The number of esters is 2. The van der Waals surface area contributed by atoms with Crippen LogP contribution in [-0.4, -0.2) is 25.2 Å². The van der Waals surface area contributed by atoms with Crippen LogP contribution in [0, 0.1) is 23.7 Å². The third kappa shape index (κ3) is 3.12. The molecule has 0 amide bonds. The second kappa shape index (κ2) is 7.06. The lowest BCUT2D eigenvalue weighted by atomic mass is 9.71. The molecule has 0 radical (unpaired) electrons. The molecule has 136 valence electrons. The first-order valence-corrected chi connectivity index (χ1v) is 9.19. The number of carbonyl (C=O) groups is 2. The van der Waals surface area contributed by atoms with Crippen LogP contribution < -0.4 is 5.32 Å². The minimum atomic E-state index is -0.335. The molecular formula is C20H27NO4. The van der Waals surface area contributed by atoms with Gasteiger partial charge in [0.1, 0.15) is 0 Å². The van der Waals surface area contributed by atoms with Crippen molar-refractivity contribution in [2.75, 3.05) is 13.2 Å². The Morgan fingerprint density at radius 2 is 1.56 bits per heavy atom. The van der Waals surface area contributed by atoms with Crippen molar-refractivity contribution in [2.45, 2.75) is 40.5 Å². The van der Waals surface area contributed by atoms with Crippen LogP contribution in [0.15, 0.2) is 34.7 Å². The van der Waals surface area contributed by atoms with Crippen molar-refractivity contribution in [1.82, 2.24) is 5.32 Å². The van der Waals surface area contributed by atoms with Crippen molar-refractivity contribution in [1.29, 1.82) is 0 Å². The maximum atomic E-state index is 12.7. The van der Waals surface area contributed by atoms with E-state index in [0.29, 0.717) is 36.2 Å². The van der Waals surface area contributed by atoms with Crippen molar-refractivity contribution in [2.24, 2.45) is 23.7 Å². The molecule has 0 spiro atoms. The average Bonchev–Trinajstić information content (AvgIpc) is 3.17. The van der Waals surface area contributed by atoms with Crippen molar-refractivity contribution in [3.05, 3.63) is 34.7 Å². The largest absolute Gasteiger partial charge is 0.463 e. The van der Waals surface area contributed by atoms with Crippen LogP contribution in [0.1, 0.15) is 40.5 Å². The molecule has 0 aromatic heterocycles. The van der Waals surface area contributed by atoms with Crippen molar-refractivity contribution >= 4 is 11.9 Å². The molecule has 3 aliphatic rings. The second-order valence-electron chi connectivity index (χ2n) is 7.07. The normalized spacial score (nSPS) is 28.4. The first-order valence-electron chi connectivity index (χ1n) is 9.19. The number of rotatable bonds is 5. The Labute approximate surface area is 149 Å². The zero-order valence-electron chi connectivity index (χ0n) is 15.4. The van der Waals surface area contributed by atoms with Gasteiger partial charge in [-0.2, -0.15) is 0 Å². The van der Waals surface area contributed by atoms with Crippen LogP contribution in [0.5, 0.6) is 0 Å². The highest BCUT2D eigenvalue weighted by Gasteiger charge is 2.48. The van der Waals surface area contributed by atoms with Gasteiger partial charge in [-0.15, -0.1) is 0 Å². The van der Waals surface area contributed by atoms with E-state index in [-0.39, 0.29) is 23.8 Å². The SMILES string of the molecule is CCOC(=O)C1=C(C)NC(C)=C(C(=O)OCC)C1C1CC2C=CC1C2. The van der Waals surface area contributed by atoms with Gasteiger partial charge in [0.25, 0.3) is 0 Å². The second-order valence-corrected chi connectivity index (χ2v) is 7.07. The lowest BCUT2D eigenvalue weighted by Gasteiger charge is -2.36. The van der Waals surface area contributed by atoms with Crippen molar-refractivity contribution in [3.8, 4) is 0 Å². The molecule has 0 aromatic rings. The molecule has 3 rings (SSSR count). The van der Waals surface area contributed by atoms with Crippen LogP contribution >= 0.6 is 0 Å². The zero-order chi connectivity index (χ0) is 18.1. The quantitative estimate of drug-likeness (QED) is 0.613. The number of allylic oxidation sites excluding steroid dienone is 4. The lowest BCUT2D eigenvalue weighted by molar-refractivity contribution is -0.140. The van der Waals surface area contributed by atoms with E-state index in [1.54, 1.807) is 13.8 Å². The third-order valence-electron chi connectivity index (χ3n) is 5.55. The number of dihydropyridines is 1. The zero-order valence-corrected chi connectivity index (χ0v) is 15.4. The molecule has 0 aromatic carbocycles. The van der Waals surface area contributed by atoms with E-state index in [2.05, 4.69) is 17.5 Å². The maximum absolute atomic E-state index is 12.7. The third-order valence-corrected chi connectivity index (χ3v) is 5.55. The molecule has 0 saturated heterocycles. The molecule has 1 fully saturated rings. The number of hydrogen-bond donors (Lipinski definition) is 1. The predicted molar refractivity (Wildman–Crippen MR) is 94.1 cm³/mol. The summed E-state index contributed by atoms with van der Waals surface area (Å²) in [6.45, 7) is 7.99. The Bertz CT molecular complexity index is 633. The van der Waals surface area contributed by atoms with Crippen LogP contribution in [0.3, 0.4) is 0 Å². The van der Waals surface area contributed by atoms with E-state index >= 15 is 0 Å². The van der Waals surface area contributed by atoms with Crippen LogP contribution in [0.2, 0.25) is 0 Å². The fourth-order valence-electron chi connectivity index (χ4n) is 4.64. The summed E-state index contributed by atoms with van der Waals surface area (Å²) in [5.41, 5.74) is 2.73. The number of carbonyl (C=O) groups excluding carboxylic acids is 2. The fraction of sp³-hybridized carbons (Fsp3) is 0.600. The molecule has 2 aliphatic carbocycles. The Kier molecular flexibility index (Phi) is 5.02. The summed E-state index contributed by atoms with van der Waals surface area (Å²) >= 11 is 0. The predicted octanol–water partition coefficient (Wildman–Crippen LogP) is 3.09. The first kappa shape index (κ1) is 17.8. The highest BCUT2D eigenvalue weighted by Crippen LogP contribution is 2.52. The minimum absolute atomic E-state index is 0.237. The Hall–Kier alpha value is -2.04. The Morgan fingerprint density at radius 1 is 1.00 bits per heavy atom. The summed E-state index contributed by atoms with van der Waals surface area (Å²) < 4.78 is 10.6. The molecule has 1 aliphatic heterocycles. The number of nitrogens with one attached hydrogen (secondary N) is 1. The summed E-state index contributed by atoms with van der Waals surface area (Å²) in [5.74, 6) is 0.261. The van der Waals surface area contributed by atoms with E-state index in [4.69, 9.17) is 9.47 Å². The lowest BCUT2D eigenvalue weighted by Crippen LogP contribution is -2.38. The minimum Gasteiger partial charge on any atom is -0.463 e. The summed E-state index contributed by atoms with van der Waals surface area (Å²) in [5, 5.41) is 3.20. The molecule has 5 heteroatoms. The molecule has 1 N–H and O–H groups in total. The highest BCUT2D eigenvalue weighted by molar-refractivity contribution is 5.98. The van der Waals surface area contributed by atoms with Crippen LogP contribution in [0.25, 0.3) is 0 Å². The van der Waals surface area contributed by atoms with E-state index in [9.17, 15) is 9.59 Å². The molecular weight excluding hydrogens is 318 g/mol. The maximum Gasteiger partial charge on any atom is 0.336 e. The fourth-order valence-corrected chi connectivity index (χ4v) is 4.64. The number of ether oxygens (including phenoxy) is 2. The van der Waals surface area contributed by atoms with Gasteiger partial charge < -0.3 is 14.8 Å². The summed E-state index contributed by atoms with van der Waals surface area (Å²) in [7, 11) is 0.